The van der Waals surface area contributed by atoms with E-state index in [2.05, 4.69) is 243 Å². The molecule has 10 aromatic rings. The molecule has 68 heavy (non-hydrogen) atoms. The molecule has 0 spiro atoms. The van der Waals surface area contributed by atoms with Crippen LogP contribution in [-0.2, 0) is 10.8 Å². The summed E-state index contributed by atoms with van der Waals surface area (Å²) in [5, 5.41) is 0. The first-order valence-electron chi connectivity index (χ1n) is 23.6. The SMILES string of the molecule is CC(=O)c1ccccc1-c1cccc(C2(c3ccccc3C)c3ccccc3N(c3ccc4c(c3)C(c3ccccc3)(c3ccccc3)c3ccccc3-4)c3ccc(-c4ccccc4)cc32)c1C. The first-order valence-corrected chi connectivity index (χ1v) is 23.6. The third-order valence-corrected chi connectivity index (χ3v) is 14.9. The number of carbonyl (C=O) groups is 1. The fraction of sp³-hybridized carbons (Fsp3) is 0.0758. The third kappa shape index (κ3) is 6.00. The van der Waals surface area contributed by atoms with Gasteiger partial charge in [0.25, 0.3) is 0 Å². The molecule has 1 aliphatic heterocycles. The van der Waals surface area contributed by atoms with Crippen LogP contribution < -0.4 is 4.90 Å². The van der Waals surface area contributed by atoms with Crippen molar-refractivity contribution in [2.45, 2.75) is 31.6 Å². The summed E-state index contributed by atoms with van der Waals surface area (Å²) in [6, 6.07) is 88.8. The zero-order valence-corrected chi connectivity index (χ0v) is 38.4. The Morgan fingerprint density at radius 2 is 0.912 bits per heavy atom. The number of aryl methyl sites for hydroxylation is 1. The molecule has 2 nitrogen and oxygen atoms in total. The maximum absolute atomic E-state index is 13.3. The Bertz CT molecular complexity index is 3530. The van der Waals surface area contributed by atoms with E-state index in [0.29, 0.717) is 0 Å². The lowest BCUT2D eigenvalue weighted by atomic mass is 9.60. The van der Waals surface area contributed by atoms with Gasteiger partial charge in [0.05, 0.1) is 22.2 Å². The summed E-state index contributed by atoms with van der Waals surface area (Å²) in [4.78, 5) is 15.8. The van der Waals surface area contributed by atoms with Gasteiger partial charge in [-0.1, -0.05) is 212 Å². The van der Waals surface area contributed by atoms with Crippen LogP contribution in [0.4, 0.5) is 17.1 Å². The van der Waals surface area contributed by atoms with Crippen molar-refractivity contribution in [2.24, 2.45) is 0 Å². The molecule has 10 aromatic carbocycles. The van der Waals surface area contributed by atoms with Crippen LogP contribution in [0.3, 0.4) is 0 Å². The highest BCUT2D eigenvalue weighted by atomic mass is 16.1. The van der Waals surface area contributed by atoms with Gasteiger partial charge in [-0.2, -0.15) is 0 Å². The largest absolute Gasteiger partial charge is 0.310 e. The highest BCUT2D eigenvalue weighted by Gasteiger charge is 2.50. The van der Waals surface area contributed by atoms with Crippen LogP contribution in [-0.4, -0.2) is 5.78 Å². The van der Waals surface area contributed by atoms with Gasteiger partial charge in [0, 0.05) is 11.3 Å². The molecule has 12 rings (SSSR count). The molecule has 1 unspecified atom stereocenters. The van der Waals surface area contributed by atoms with Crippen molar-refractivity contribution in [2.75, 3.05) is 4.90 Å². The summed E-state index contributed by atoms with van der Waals surface area (Å²) in [5.41, 5.74) is 21.6. The molecule has 0 saturated heterocycles. The van der Waals surface area contributed by atoms with E-state index in [0.717, 1.165) is 50.4 Å². The Balaban J connectivity index is 1.19. The Morgan fingerprint density at radius 3 is 1.62 bits per heavy atom. The van der Waals surface area contributed by atoms with Gasteiger partial charge in [-0.3, -0.25) is 4.79 Å². The monoisotopic (exact) mass is 871 g/mol. The first kappa shape index (κ1) is 41.1. The van der Waals surface area contributed by atoms with Gasteiger partial charge in [-0.15, -0.1) is 0 Å². The van der Waals surface area contributed by atoms with Crippen LogP contribution in [0.5, 0.6) is 0 Å². The molecule has 0 radical (unpaired) electrons. The maximum Gasteiger partial charge on any atom is 0.160 e. The van der Waals surface area contributed by atoms with Crippen molar-refractivity contribution >= 4 is 22.8 Å². The Morgan fingerprint density at radius 1 is 0.368 bits per heavy atom. The van der Waals surface area contributed by atoms with E-state index < -0.39 is 10.8 Å². The van der Waals surface area contributed by atoms with E-state index in [1.165, 1.54) is 61.2 Å². The average Bonchev–Trinajstić information content (AvgIpc) is 3.69. The zero-order valence-electron chi connectivity index (χ0n) is 38.4. The lowest BCUT2D eigenvalue weighted by molar-refractivity contribution is 0.101. The number of carbonyl (C=O) groups excluding carboxylic acids is 1. The van der Waals surface area contributed by atoms with E-state index in [-0.39, 0.29) is 5.78 Å². The number of anilines is 3. The van der Waals surface area contributed by atoms with Crippen LogP contribution >= 0.6 is 0 Å². The summed E-state index contributed by atoms with van der Waals surface area (Å²) in [5.74, 6) is 0.0523. The Kier molecular flexibility index (Phi) is 9.81. The zero-order chi connectivity index (χ0) is 46.0. The number of ketones is 1. The highest BCUT2D eigenvalue weighted by Crippen LogP contribution is 2.62. The predicted molar refractivity (Wildman–Crippen MR) is 281 cm³/mol. The first-order chi connectivity index (χ1) is 33.4. The van der Waals surface area contributed by atoms with Crippen molar-refractivity contribution < 1.29 is 4.79 Å². The van der Waals surface area contributed by atoms with E-state index in [1.54, 1.807) is 6.92 Å². The molecule has 1 aliphatic carbocycles. The summed E-state index contributed by atoms with van der Waals surface area (Å²) >= 11 is 0. The standard InChI is InChI=1S/C66H49NO/c1-44-22-13-17-33-57(44)66(58-36-21-32-52(45(58)2)54-30-15-14-29-53(54)46(3)68)60-35-19-20-37-63(60)67(64-41-38-48(42-62(64)66)47-23-7-4-8-24-47)51-39-40-56-55-31-16-18-34-59(55)65(61(56)43-51,49-25-9-5-10-26-49)50-27-11-6-12-28-50/h4-43H,1-3H3. The van der Waals surface area contributed by atoms with Crippen LogP contribution in [0.2, 0.25) is 0 Å². The molecule has 2 heteroatoms. The molecule has 1 atom stereocenters. The van der Waals surface area contributed by atoms with Gasteiger partial charge in [0.2, 0.25) is 0 Å². The number of nitrogens with zero attached hydrogens (tertiary/aromatic N) is 1. The van der Waals surface area contributed by atoms with Crippen molar-refractivity contribution in [1.82, 2.24) is 0 Å². The summed E-state index contributed by atoms with van der Waals surface area (Å²) in [7, 11) is 0. The fourth-order valence-electron chi connectivity index (χ4n) is 12.0. The van der Waals surface area contributed by atoms with Gasteiger partial charge in [-0.25, -0.2) is 0 Å². The molecular formula is C66H49NO. The minimum atomic E-state index is -0.783. The average molecular weight is 872 g/mol. The normalized spacial score (nSPS) is 15.2. The number of rotatable bonds is 8. The van der Waals surface area contributed by atoms with E-state index in [4.69, 9.17) is 0 Å². The molecule has 0 bridgehead atoms. The van der Waals surface area contributed by atoms with E-state index in [1.807, 2.05) is 18.2 Å². The highest BCUT2D eigenvalue weighted by molar-refractivity contribution is 6.02. The second-order valence-electron chi connectivity index (χ2n) is 18.4. The minimum Gasteiger partial charge on any atom is -0.310 e. The maximum atomic E-state index is 13.3. The van der Waals surface area contributed by atoms with Gasteiger partial charge in [0.15, 0.2) is 5.78 Å². The van der Waals surface area contributed by atoms with Crippen LogP contribution in [0.25, 0.3) is 33.4 Å². The topological polar surface area (TPSA) is 20.3 Å². The van der Waals surface area contributed by atoms with Crippen molar-refractivity contribution in [3.05, 3.63) is 304 Å². The fourth-order valence-corrected chi connectivity index (χ4v) is 12.0. The van der Waals surface area contributed by atoms with E-state index >= 15 is 0 Å². The number of hydrogen-bond donors (Lipinski definition) is 0. The third-order valence-electron chi connectivity index (χ3n) is 14.9. The second-order valence-corrected chi connectivity index (χ2v) is 18.4. The summed E-state index contributed by atoms with van der Waals surface area (Å²) in [6.45, 7) is 6.17. The second kappa shape index (κ2) is 16.2. The molecule has 0 fully saturated rings. The van der Waals surface area contributed by atoms with Gasteiger partial charge in [0.1, 0.15) is 0 Å². The molecule has 1 heterocycles. The molecule has 0 N–H and O–H groups in total. The molecule has 0 saturated carbocycles. The van der Waals surface area contributed by atoms with Crippen LogP contribution in [0.1, 0.15) is 72.9 Å². The van der Waals surface area contributed by atoms with Gasteiger partial charge < -0.3 is 4.90 Å². The van der Waals surface area contributed by atoms with E-state index in [9.17, 15) is 4.79 Å². The lowest BCUT2D eigenvalue weighted by Crippen LogP contribution is -2.39. The predicted octanol–water partition coefficient (Wildman–Crippen LogP) is 16.4. The van der Waals surface area contributed by atoms with Gasteiger partial charge in [-0.05, 0) is 140 Å². The number of benzene rings is 10. The Labute approximate surface area is 399 Å². The summed E-state index contributed by atoms with van der Waals surface area (Å²) < 4.78 is 0. The smallest absolute Gasteiger partial charge is 0.160 e. The number of Topliss-reactive ketones (excluding diaryl/α,β-unsaturated/α-hetero) is 1. The Hall–Kier alpha value is -8.33. The number of hydrogen-bond acceptors (Lipinski definition) is 2. The van der Waals surface area contributed by atoms with Crippen molar-refractivity contribution in [1.29, 1.82) is 0 Å². The van der Waals surface area contributed by atoms with Gasteiger partial charge >= 0.3 is 0 Å². The van der Waals surface area contributed by atoms with Crippen LogP contribution in [0, 0.1) is 13.8 Å². The van der Waals surface area contributed by atoms with Crippen molar-refractivity contribution in [3.8, 4) is 33.4 Å². The number of fused-ring (bicyclic) bond motifs is 5. The molecule has 2 aliphatic rings. The molecule has 324 valence electrons. The van der Waals surface area contributed by atoms with Crippen molar-refractivity contribution in [3.63, 3.8) is 0 Å². The lowest BCUT2D eigenvalue weighted by Gasteiger charge is -2.48. The summed E-state index contributed by atoms with van der Waals surface area (Å²) in [6.07, 6.45) is 0. The minimum absolute atomic E-state index is 0.0523. The quantitative estimate of drug-likeness (QED) is 0.142. The molecule has 0 aromatic heterocycles. The molecule has 0 amide bonds. The molecular weight excluding hydrogens is 823 g/mol. The van der Waals surface area contributed by atoms with Crippen LogP contribution in [0.15, 0.2) is 243 Å². The number of para-hydroxylation sites is 1.